The Kier molecular flexibility index (Phi) is 4.37. The third-order valence-corrected chi connectivity index (χ3v) is 3.41. The smallest absolute Gasteiger partial charge is 0.272 e. The van der Waals surface area contributed by atoms with Crippen molar-refractivity contribution in [2.75, 3.05) is 0 Å². The Bertz CT molecular complexity index is 728. The number of Topliss-reactive ketones (excluding diaryl/α,β-unsaturated/α-hetero) is 1. The number of rotatable bonds is 4. The molecule has 0 radical (unpaired) electrons. The summed E-state index contributed by atoms with van der Waals surface area (Å²) in [5.41, 5.74) is 0.981. The van der Waals surface area contributed by atoms with Gasteiger partial charge in [0.2, 0.25) is 0 Å². The largest absolute Gasteiger partial charge is 0.457 e. The van der Waals surface area contributed by atoms with E-state index >= 15 is 0 Å². The minimum atomic E-state index is -0.445. The van der Waals surface area contributed by atoms with E-state index in [9.17, 15) is 14.9 Å². The van der Waals surface area contributed by atoms with Crippen molar-refractivity contribution in [3.63, 3.8) is 0 Å². The fourth-order valence-electron chi connectivity index (χ4n) is 1.89. The monoisotopic (exact) mass is 349 g/mol. The Morgan fingerprint density at radius 3 is 2.52 bits per heavy atom. The first kappa shape index (κ1) is 15.2. The number of carbonyl (C=O) groups is 1. The summed E-state index contributed by atoms with van der Waals surface area (Å²) >= 11 is 3.32. The Morgan fingerprint density at radius 2 is 1.95 bits per heavy atom. The number of benzene rings is 2. The summed E-state index contributed by atoms with van der Waals surface area (Å²) in [6, 6.07) is 9.58. The van der Waals surface area contributed by atoms with Gasteiger partial charge in [-0.15, -0.1) is 0 Å². The molecule has 2 aromatic carbocycles. The molecule has 0 amide bonds. The molecule has 108 valence electrons. The van der Waals surface area contributed by atoms with Crippen LogP contribution in [0.4, 0.5) is 5.69 Å². The Balaban J connectivity index is 2.38. The van der Waals surface area contributed by atoms with Crippen LogP contribution < -0.4 is 4.74 Å². The molecule has 0 aromatic heterocycles. The van der Waals surface area contributed by atoms with E-state index in [1.807, 2.05) is 0 Å². The summed E-state index contributed by atoms with van der Waals surface area (Å²) in [4.78, 5) is 21.9. The van der Waals surface area contributed by atoms with E-state index in [4.69, 9.17) is 4.74 Å². The van der Waals surface area contributed by atoms with Crippen molar-refractivity contribution in [3.05, 3.63) is 62.1 Å². The molecule has 0 aliphatic heterocycles. The molecule has 0 saturated carbocycles. The Labute approximate surface area is 129 Å². The molecule has 2 aromatic rings. The lowest BCUT2D eigenvalue weighted by atomic mass is 10.1. The zero-order valence-corrected chi connectivity index (χ0v) is 13.0. The SMILES string of the molecule is CC(=O)c1ccc(Br)cc1Oc1ccc([N+](=O)[O-])c(C)c1. The van der Waals surface area contributed by atoms with Crippen LogP contribution in [-0.2, 0) is 0 Å². The second-order valence-electron chi connectivity index (χ2n) is 4.50. The molecule has 2 rings (SSSR count). The quantitative estimate of drug-likeness (QED) is 0.457. The number of ketones is 1. The first-order valence-electron chi connectivity index (χ1n) is 6.12. The van der Waals surface area contributed by atoms with Gasteiger partial charge in [0.05, 0.1) is 10.5 Å². The summed E-state index contributed by atoms with van der Waals surface area (Å²) in [7, 11) is 0. The summed E-state index contributed by atoms with van der Waals surface area (Å²) in [6.45, 7) is 3.09. The van der Waals surface area contributed by atoms with Gasteiger partial charge in [-0.05, 0) is 44.2 Å². The van der Waals surface area contributed by atoms with Crippen LogP contribution in [0, 0.1) is 17.0 Å². The number of aryl methyl sites for hydroxylation is 1. The zero-order valence-electron chi connectivity index (χ0n) is 11.4. The number of halogens is 1. The molecule has 0 aliphatic rings. The number of nitro benzene ring substituents is 1. The van der Waals surface area contributed by atoms with Gasteiger partial charge in [-0.3, -0.25) is 14.9 Å². The van der Waals surface area contributed by atoms with Crippen molar-refractivity contribution in [2.24, 2.45) is 0 Å². The third-order valence-electron chi connectivity index (χ3n) is 2.92. The molecule has 0 spiro atoms. The molecule has 0 fully saturated rings. The van der Waals surface area contributed by atoms with E-state index in [1.54, 1.807) is 31.2 Å². The number of hydrogen-bond donors (Lipinski definition) is 0. The van der Waals surface area contributed by atoms with Gasteiger partial charge in [0.25, 0.3) is 5.69 Å². The molecule has 21 heavy (non-hydrogen) atoms. The van der Waals surface area contributed by atoms with E-state index in [0.717, 1.165) is 4.47 Å². The maximum absolute atomic E-state index is 11.6. The molecular formula is C15H12BrNO4. The lowest BCUT2D eigenvalue weighted by Crippen LogP contribution is -1.98. The van der Waals surface area contributed by atoms with E-state index in [2.05, 4.69) is 15.9 Å². The van der Waals surface area contributed by atoms with Crippen molar-refractivity contribution in [1.29, 1.82) is 0 Å². The minimum absolute atomic E-state index is 0.0309. The highest BCUT2D eigenvalue weighted by Crippen LogP contribution is 2.31. The summed E-state index contributed by atoms with van der Waals surface area (Å²) in [5.74, 6) is 0.736. The second-order valence-corrected chi connectivity index (χ2v) is 5.42. The number of ether oxygens (including phenoxy) is 1. The molecule has 0 unspecified atom stereocenters. The van der Waals surface area contributed by atoms with Gasteiger partial charge >= 0.3 is 0 Å². The van der Waals surface area contributed by atoms with Gasteiger partial charge in [-0.1, -0.05) is 15.9 Å². The van der Waals surface area contributed by atoms with Gasteiger partial charge in [0.15, 0.2) is 5.78 Å². The highest BCUT2D eigenvalue weighted by Gasteiger charge is 2.13. The zero-order chi connectivity index (χ0) is 15.6. The van der Waals surface area contributed by atoms with E-state index in [-0.39, 0.29) is 11.5 Å². The highest BCUT2D eigenvalue weighted by molar-refractivity contribution is 9.10. The van der Waals surface area contributed by atoms with Gasteiger partial charge in [0, 0.05) is 16.1 Å². The fourth-order valence-corrected chi connectivity index (χ4v) is 2.23. The normalized spacial score (nSPS) is 10.2. The van der Waals surface area contributed by atoms with Crippen LogP contribution in [0.3, 0.4) is 0 Å². The lowest BCUT2D eigenvalue weighted by molar-refractivity contribution is -0.385. The Morgan fingerprint density at radius 1 is 1.24 bits per heavy atom. The van der Waals surface area contributed by atoms with Crippen molar-refractivity contribution in [2.45, 2.75) is 13.8 Å². The molecule has 0 aliphatic carbocycles. The van der Waals surface area contributed by atoms with Gasteiger partial charge in [0.1, 0.15) is 11.5 Å². The van der Waals surface area contributed by atoms with E-state index in [0.29, 0.717) is 22.6 Å². The van der Waals surface area contributed by atoms with Crippen LogP contribution in [-0.4, -0.2) is 10.7 Å². The molecule has 5 nitrogen and oxygen atoms in total. The molecule has 0 N–H and O–H groups in total. The summed E-state index contributed by atoms with van der Waals surface area (Å²) < 4.78 is 6.47. The second kappa shape index (κ2) is 6.05. The molecular weight excluding hydrogens is 338 g/mol. The van der Waals surface area contributed by atoms with Crippen LogP contribution in [0.5, 0.6) is 11.5 Å². The molecule has 0 saturated heterocycles. The minimum Gasteiger partial charge on any atom is -0.457 e. The van der Waals surface area contributed by atoms with E-state index < -0.39 is 4.92 Å². The number of hydrogen-bond acceptors (Lipinski definition) is 4. The van der Waals surface area contributed by atoms with Crippen LogP contribution in [0.1, 0.15) is 22.8 Å². The average molecular weight is 350 g/mol. The fraction of sp³-hybridized carbons (Fsp3) is 0.133. The van der Waals surface area contributed by atoms with Crippen molar-refractivity contribution >= 4 is 27.4 Å². The summed E-state index contributed by atoms with van der Waals surface area (Å²) in [5, 5.41) is 10.8. The molecule has 0 heterocycles. The van der Waals surface area contributed by atoms with Crippen LogP contribution in [0.15, 0.2) is 40.9 Å². The molecule has 0 bridgehead atoms. The highest BCUT2D eigenvalue weighted by atomic mass is 79.9. The van der Waals surface area contributed by atoms with Gasteiger partial charge in [-0.2, -0.15) is 0 Å². The van der Waals surface area contributed by atoms with Crippen molar-refractivity contribution in [3.8, 4) is 11.5 Å². The van der Waals surface area contributed by atoms with Crippen molar-refractivity contribution in [1.82, 2.24) is 0 Å². The number of nitro groups is 1. The summed E-state index contributed by atoms with van der Waals surface area (Å²) in [6.07, 6.45) is 0. The van der Waals surface area contributed by atoms with Crippen LogP contribution >= 0.6 is 15.9 Å². The predicted octanol–water partition coefficient (Wildman–Crippen LogP) is 4.66. The number of carbonyl (C=O) groups excluding carboxylic acids is 1. The average Bonchev–Trinajstić information content (AvgIpc) is 2.37. The number of nitrogens with zero attached hydrogens (tertiary/aromatic N) is 1. The first-order chi connectivity index (χ1) is 9.88. The van der Waals surface area contributed by atoms with Crippen LogP contribution in [0.2, 0.25) is 0 Å². The first-order valence-corrected chi connectivity index (χ1v) is 6.91. The van der Waals surface area contributed by atoms with E-state index in [1.165, 1.54) is 19.1 Å². The van der Waals surface area contributed by atoms with Gasteiger partial charge < -0.3 is 4.74 Å². The standard InChI is InChI=1S/C15H12BrNO4/c1-9-7-12(4-6-14(9)17(19)20)21-15-8-11(16)3-5-13(15)10(2)18/h3-8H,1-2H3. The molecule has 6 heteroatoms. The third kappa shape index (κ3) is 3.46. The molecule has 0 atom stereocenters. The Hall–Kier alpha value is -2.21. The van der Waals surface area contributed by atoms with Crippen LogP contribution in [0.25, 0.3) is 0 Å². The topological polar surface area (TPSA) is 69.4 Å². The van der Waals surface area contributed by atoms with Crippen molar-refractivity contribution < 1.29 is 14.5 Å². The maximum Gasteiger partial charge on any atom is 0.272 e. The lowest BCUT2D eigenvalue weighted by Gasteiger charge is -2.10. The van der Waals surface area contributed by atoms with Gasteiger partial charge in [-0.25, -0.2) is 0 Å². The maximum atomic E-state index is 11.6. The predicted molar refractivity (Wildman–Crippen MR) is 82.1 cm³/mol.